The van der Waals surface area contributed by atoms with Crippen molar-refractivity contribution < 1.29 is 9.59 Å². The molecule has 2 aromatic rings. The van der Waals surface area contributed by atoms with Crippen LogP contribution in [0, 0.1) is 0 Å². The molecule has 2 aliphatic rings. The number of carbonyl (C=O) groups excluding carboxylic acids is 2. The van der Waals surface area contributed by atoms with E-state index in [-0.39, 0.29) is 18.0 Å². The van der Waals surface area contributed by atoms with Crippen LogP contribution in [0.5, 0.6) is 0 Å². The van der Waals surface area contributed by atoms with Crippen molar-refractivity contribution in [3.8, 4) is 0 Å². The zero-order valence-electron chi connectivity index (χ0n) is 18.2. The molecule has 1 aliphatic carbocycles. The second kappa shape index (κ2) is 10.7. The van der Waals surface area contributed by atoms with Crippen molar-refractivity contribution in [2.45, 2.75) is 44.6 Å². The Labute approximate surface area is 194 Å². The van der Waals surface area contributed by atoms with Gasteiger partial charge in [0.1, 0.15) is 5.82 Å². The number of nitrogens with zero attached hydrogens (tertiary/aromatic N) is 3. The summed E-state index contributed by atoms with van der Waals surface area (Å²) in [6, 6.07) is 10.9. The lowest BCUT2D eigenvalue weighted by atomic mass is 9.96. The van der Waals surface area contributed by atoms with Crippen LogP contribution < -0.4 is 15.5 Å². The molecule has 2 heterocycles. The molecule has 2 fully saturated rings. The summed E-state index contributed by atoms with van der Waals surface area (Å²) in [5.41, 5.74) is 1.33. The molecule has 0 unspecified atom stereocenters. The number of urea groups is 1. The van der Waals surface area contributed by atoms with Gasteiger partial charge in [-0.05, 0) is 55.7 Å². The molecule has 4 rings (SSSR count). The summed E-state index contributed by atoms with van der Waals surface area (Å²) in [6.45, 7) is 2.87. The predicted molar refractivity (Wildman–Crippen MR) is 127 cm³/mol. The Bertz CT molecular complexity index is 913. The molecule has 0 spiro atoms. The lowest BCUT2D eigenvalue weighted by Gasteiger charge is -2.24. The van der Waals surface area contributed by atoms with Crippen LogP contribution in [0.25, 0.3) is 0 Å². The molecule has 8 heteroatoms. The first-order valence-electron chi connectivity index (χ1n) is 11.4. The fourth-order valence-corrected chi connectivity index (χ4v) is 4.50. The van der Waals surface area contributed by atoms with Crippen molar-refractivity contribution in [1.82, 2.24) is 15.2 Å². The third kappa shape index (κ3) is 5.91. The van der Waals surface area contributed by atoms with E-state index in [0.29, 0.717) is 35.9 Å². The molecule has 7 nitrogen and oxygen atoms in total. The number of hydrogen-bond donors (Lipinski definition) is 2. The highest BCUT2D eigenvalue weighted by Gasteiger charge is 2.21. The number of anilines is 2. The minimum Gasteiger partial charge on any atom is -0.355 e. The normalized spacial score (nSPS) is 17.5. The standard InChI is InChI=1S/C24H30ClN5O2/c25-19-9-7-18(8-10-19)23(31)30-14-4-13-29(15-16-30)22-12-11-21(17-26-22)28-24(32)27-20-5-2-1-3-6-20/h7-12,17,20H,1-6,13-16H2,(H2,27,28,32). The van der Waals surface area contributed by atoms with Crippen molar-refractivity contribution in [2.75, 3.05) is 36.4 Å². The van der Waals surface area contributed by atoms with Crippen LogP contribution >= 0.6 is 11.6 Å². The number of halogens is 1. The molecule has 0 radical (unpaired) electrons. The Hall–Kier alpha value is -2.80. The topological polar surface area (TPSA) is 77.6 Å². The van der Waals surface area contributed by atoms with Crippen molar-refractivity contribution in [1.29, 1.82) is 0 Å². The van der Waals surface area contributed by atoms with Gasteiger partial charge in [-0.15, -0.1) is 0 Å². The van der Waals surface area contributed by atoms with Gasteiger partial charge in [0.05, 0.1) is 11.9 Å². The largest absolute Gasteiger partial charge is 0.355 e. The van der Waals surface area contributed by atoms with E-state index in [9.17, 15) is 9.59 Å². The van der Waals surface area contributed by atoms with Crippen molar-refractivity contribution in [3.63, 3.8) is 0 Å². The van der Waals surface area contributed by atoms with E-state index in [0.717, 1.165) is 31.6 Å². The fraction of sp³-hybridized carbons (Fsp3) is 0.458. The van der Waals surface area contributed by atoms with E-state index in [4.69, 9.17) is 11.6 Å². The molecule has 1 aromatic heterocycles. The van der Waals surface area contributed by atoms with Gasteiger partial charge in [0.15, 0.2) is 0 Å². The Morgan fingerprint density at radius 1 is 0.906 bits per heavy atom. The van der Waals surface area contributed by atoms with Crippen LogP contribution in [0.15, 0.2) is 42.6 Å². The van der Waals surface area contributed by atoms with Gasteiger partial charge in [-0.2, -0.15) is 0 Å². The maximum absolute atomic E-state index is 12.8. The van der Waals surface area contributed by atoms with Crippen LogP contribution in [0.3, 0.4) is 0 Å². The number of rotatable bonds is 4. The minimum absolute atomic E-state index is 0.0278. The number of aromatic nitrogens is 1. The van der Waals surface area contributed by atoms with Crippen molar-refractivity contribution in [2.24, 2.45) is 0 Å². The summed E-state index contributed by atoms with van der Waals surface area (Å²) in [5.74, 6) is 0.879. The lowest BCUT2D eigenvalue weighted by Crippen LogP contribution is -2.39. The molecule has 1 saturated carbocycles. The molecule has 0 bridgehead atoms. The van der Waals surface area contributed by atoms with Crippen LogP contribution in [0.2, 0.25) is 5.02 Å². The van der Waals surface area contributed by atoms with E-state index in [1.54, 1.807) is 30.5 Å². The third-order valence-electron chi connectivity index (χ3n) is 6.14. The van der Waals surface area contributed by atoms with Gasteiger partial charge in [-0.1, -0.05) is 30.9 Å². The lowest BCUT2D eigenvalue weighted by molar-refractivity contribution is 0.0767. The molecule has 0 atom stereocenters. The number of benzene rings is 1. The van der Waals surface area contributed by atoms with Gasteiger partial charge in [0.2, 0.25) is 0 Å². The van der Waals surface area contributed by atoms with Crippen LogP contribution in [-0.4, -0.2) is 54.0 Å². The summed E-state index contributed by atoms with van der Waals surface area (Å²) in [7, 11) is 0. The first-order chi connectivity index (χ1) is 15.6. The maximum atomic E-state index is 12.8. The Morgan fingerprint density at radius 3 is 2.41 bits per heavy atom. The van der Waals surface area contributed by atoms with E-state index >= 15 is 0 Å². The monoisotopic (exact) mass is 455 g/mol. The van der Waals surface area contributed by atoms with Crippen molar-refractivity contribution in [3.05, 3.63) is 53.2 Å². The Morgan fingerprint density at radius 2 is 1.69 bits per heavy atom. The zero-order valence-corrected chi connectivity index (χ0v) is 19.0. The average Bonchev–Trinajstić information content (AvgIpc) is 3.07. The third-order valence-corrected chi connectivity index (χ3v) is 6.40. The number of carbonyl (C=O) groups is 2. The first kappa shape index (κ1) is 22.4. The highest BCUT2D eigenvalue weighted by molar-refractivity contribution is 6.30. The van der Waals surface area contributed by atoms with E-state index in [1.165, 1.54) is 19.3 Å². The molecule has 2 N–H and O–H groups in total. The highest BCUT2D eigenvalue weighted by Crippen LogP contribution is 2.19. The number of amides is 3. The van der Waals surface area contributed by atoms with Gasteiger partial charge < -0.3 is 20.4 Å². The summed E-state index contributed by atoms with van der Waals surface area (Å²) in [5, 5.41) is 6.56. The molecule has 3 amide bonds. The quantitative estimate of drug-likeness (QED) is 0.709. The highest BCUT2D eigenvalue weighted by atomic mass is 35.5. The summed E-state index contributed by atoms with van der Waals surface area (Å²) >= 11 is 5.93. The second-order valence-corrected chi connectivity index (χ2v) is 8.91. The van der Waals surface area contributed by atoms with E-state index < -0.39 is 0 Å². The number of pyridine rings is 1. The Kier molecular flexibility index (Phi) is 7.47. The number of nitrogens with one attached hydrogen (secondary N) is 2. The van der Waals surface area contributed by atoms with Crippen molar-refractivity contribution >= 4 is 35.0 Å². The molecule has 32 heavy (non-hydrogen) atoms. The molecule has 1 saturated heterocycles. The van der Waals surface area contributed by atoms with E-state index in [1.807, 2.05) is 17.0 Å². The molecular formula is C24H30ClN5O2. The zero-order chi connectivity index (χ0) is 22.3. The smallest absolute Gasteiger partial charge is 0.319 e. The molecule has 1 aromatic carbocycles. The van der Waals surface area contributed by atoms with Gasteiger partial charge in [-0.25, -0.2) is 9.78 Å². The van der Waals surface area contributed by atoms with E-state index in [2.05, 4.69) is 20.5 Å². The fourth-order valence-electron chi connectivity index (χ4n) is 4.37. The summed E-state index contributed by atoms with van der Waals surface area (Å²) < 4.78 is 0. The van der Waals surface area contributed by atoms with Crippen LogP contribution in [-0.2, 0) is 0 Å². The minimum atomic E-state index is -0.169. The van der Waals surface area contributed by atoms with Gasteiger partial charge in [0.25, 0.3) is 5.91 Å². The Balaban J connectivity index is 1.29. The van der Waals surface area contributed by atoms with Gasteiger partial charge in [-0.3, -0.25) is 4.79 Å². The maximum Gasteiger partial charge on any atom is 0.319 e. The van der Waals surface area contributed by atoms with Crippen LogP contribution in [0.1, 0.15) is 48.9 Å². The molecular weight excluding hydrogens is 426 g/mol. The summed E-state index contributed by atoms with van der Waals surface area (Å²) in [6.07, 6.45) is 8.28. The van der Waals surface area contributed by atoms with Gasteiger partial charge >= 0.3 is 6.03 Å². The summed E-state index contributed by atoms with van der Waals surface area (Å²) in [4.78, 5) is 33.7. The second-order valence-electron chi connectivity index (χ2n) is 8.48. The number of hydrogen-bond acceptors (Lipinski definition) is 4. The van der Waals surface area contributed by atoms with Gasteiger partial charge in [0, 0.05) is 42.8 Å². The predicted octanol–water partition coefficient (Wildman–Crippen LogP) is 4.54. The average molecular weight is 456 g/mol. The SMILES string of the molecule is O=C(Nc1ccc(N2CCCN(C(=O)c3ccc(Cl)cc3)CC2)nc1)NC1CCCCC1. The first-order valence-corrected chi connectivity index (χ1v) is 11.8. The van der Waals surface area contributed by atoms with Crippen LogP contribution in [0.4, 0.5) is 16.3 Å². The molecule has 170 valence electrons. The molecule has 1 aliphatic heterocycles.